The highest BCUT2D eigenvalue weighted by atomic mass is 32.2. The molecule has 0 saturated heterocycles. The molecule has 1 aliphatic rings. The van der Waals surface area contributed by atoms with Gasteiger partial charge >= 0.3 is 5.97 Å². The minimum Gasteiger partial charge on any atom is -0.458 e. The molecule has 0 N–H and O–H groups in total. The molecule has 1 saturated carbocycles. The number of hydrogen-bond donors (Lipinski definition) is 0. The average molecular weight is 340 g/mol. The molecule has 0 radical (unpaired) electrons. The molecule has 2 aromatic carbocycles. The second-order valence-electron chi connectivity index (χ2n) is 6.27. The van der Waals surface area contributed by atoms with Crippen LogP contribution in [0.5, 0.6) is 0 Å². The minimum absolute atomic E-state index is 0.0109. The Kier molecular flexibility index (Phi) is 6.36. The van der Waals surface area contributed by atoms with Crippen LogP contribution in [-0.2, 0) is 4.74 Å². The lowest BCUT2D eigenvalue weighted by atomic mass is 9.98. The first-order valence-corrected chi connectivity index (χ1v) is 9.68. The van der Waals surface area contributed by atoms with Gasteiger partial charge in [-0.2, -0.15) is 0 Å². The van der Waals surface area contributed by atoms with Gasteiger partial charge in [0.25, 0.3) is 0 Å². The highest BCUT2D eigenvalue weighted by molar-refractivity contribution is 8.00. The lowest BCUT2D eigenvalue weighted by Gasteiger charge is -2.28. The topological polar surface area (TPSA) is 26.3 Å². The van der Waals surface area contributed by atoms with Crippen molar-refractivity contribution >= 4 is 17.7 Å². The summed E-state index contributed by atoms with van der Waals surface area (Å²) in [7, 11) is 0. The largest absolute Gasteiger partial charge is 0.458 e. The molecule has 0 spiro atoms. The zero-order valence-corrected chi connectivity index (χ0v) is 14.7. The van der Waals surface area contributed by atoms with Gasteiger partial charge in [-0.25, -0.2) is 4.79 Å². The van der Waals surface area contributed by atoms with Crippen LogP contribution < -0.4 is 0 Å². The molecule has 1 aliphatic carbocycles. The van der Waals surface area contributed by atoms with Gasteiger partial charge in [-0.3, -0.25) is 0 Å². The van der Waals surface area contributed by atoms with Crippen LogP contribution in [0, 0.1) is 0 Å². The number of hydrogen-bond acceptors (Lipinski definition) is 3. The molecule has 2 atom stereocenters. The van der Waals surface area contributed by atoms with Gasteiger partial charge in [0.05, 0.1) is 5.56 Å². The molecule has 0 heterocycles. The number of carbonyl (C=O) groups excluding carboxylic acids is 1. The molecule has 3 heteroatoms. The molecule has 1 fully saturated rings. The second-order valence-corrected chi connectivity index (χ2v) is 7.58. The zero-order valence-electron chi connectivity index (χ0n) is 13.9. The van der Waals surface area contributed by atoms with Gasteiger partial charge in [-0.1, -0.05) is 55.7 Å². The van der Waals surface area contributed by atoms with Gasteiger partial charge in [0, 0.05) is 10.1 Å². The number of benzene rings is 2. The van der Waals surface area contributed by atoms with E-state index in [0.29, 0.717) is 10.8 Å². The molecule has 3 rings (SSSR count). The summed E-state index contributed by atoms with van der Waals surface area (Å²) in [5, 5.41) is 0.334. The van der Waals surface area contributed by atoms with E-state index >= 15 is 0 Å². The minimum atomic E-state index is -0.195. The first-order valence-electron chi connectivity index (χ1n) is 8.80. The molecule has 0 bridgehead atoms. The number of thioether (sulfide) groups is 1. The van der Waals surface area contributed by atoms with E-state index in [0.717, 1.165) is 19.3 Å². The zero-order chi connectivity index (χ0) is 16.6. The molecule has 0 amide bonds. The van der Waals surface area contributed by atoms with Crippen molar-refractivity contribution in [3.63, 3.8) is 0 Å². The molecule has 0 aromatic heterocycles. The number of esters is 1. The van der Waals surface area contributed by atoms with E-state index in [2.05, 4.69) is 24.3 Å². The summed E-state index contributed by atoms with van der Waals surface area (Å²) in [6, 6.07) is 19.8. The summed E-state index contributed by atoms with van der Waals surface area (Å²) >= 11 is 1.86. The summed E-state index contributed by atoms with van der Waals surface area (Å²) < 4.78 is 5.94. The quantitative estimate of drug-likeness (QED) is 0.665. The van der Waals surface area contributed by atoms with Crippen molar-refractivity contribution in [1.29, 1.82) is 0 Å². The van der Waals surface area contributed by atoms with Crippen LogP contribution in [-0.4, -0.2) is 17.3 Å². The Hall–Kier alpha value is -1.74. The second kappa shape index (κ2) is 8.93. The molecule has 24 heavy (non-hydrogen) atoms. The van der Waals surface area contributed by atoms with Gasteiger partial charge in [-0.05, 0) is 43.5 Å². The molecular formula is C21H24O2S. The van der Waals surface area contributed by atoms with Gasteiger partial charge < -0.3 is 4.74 Å². The first kappa shape index (κ1) is 17.1. The van der Waals surface area contributed by atoms with E-state index < -0.39 is 0 Å². The number of rotatable bonds is 4. The molecule has 0 unspecified atom stereocenters. The maximum atomic E-state index is 12.5. The Morgan fingerprint density at radius 1 is 0.833 bits per heavy atom. The van der Waals surface area contributed by atoms with Crippen LogP contribution in [0.1, 0.15) is 48.9 Å². The van der Waals surface area contributed by atoms with Crippen molar-refractivity contribution in [2.24, 2.45) is 0 Å². The summed E-state index contributed by atoms with van der Waals surface area (Å²) in [6.45, 7) is 0. The van der Waals surface area contributed by atoms with Crippen molar-refractivity contribution in [3.8, 4) is 0 Å². The Labute approximate surface area is 148 Å². The van der Waals surface area contributed by atoms with E-state index in [4.69, 9.17) is 4.74 Å². The Morgan fingerprint density at radius 3 is 2.17 bits per heavy atom. The van der Waals surface area contributed by atoms with Gasteiger partial charge in [-0.15, -0.1) is 11.8 Å². The van der Waals surface area contributed by atoms with E-state index in [9.17, 15) is 4.79 Å². The molecular weight excluding hydrogens is 316 g/mol. The predicted molar refractivity (Wildman–Crippen MR) is 99.4 cm³/mol. The maximum Gasteiger partial charge on any atom is 0.338 e. The number of ether oxygens (including phenoxy) is 1. The highest BCUT2D eigenvalue weighted by Gasteiger charge is 2.27. The Balaban J connectivity index is 1.71. The van der Waals surface area contributed by atoms with Gasteiger partial charge in [0.15, 0.2) is 0 Å². The van der Waals surface area contributed by atoms with Crippen molar-refractivity contribution < 1.29 is 9.53 Å². The number of carbonyl (C=O) groups is 1. The SMILES string of the molecule is O=C(O[C@H]1CCCCCC[C@@H]1Sc1ccccc1)c1ccccc1. The molecule has 2 aromatic rings. The fourth-order valence-corrected chi connectivity index (χ4v) is 4.43. The fourth-order valence-electron chi connectivity index (χ4n) is 3.14. The molecule has 0 aliphatic heterocycles. The highest BCUT2D eigenvalue weighted by Crippen LogP contribution is 2.34. The van der Waals surface area contributed by atoms with E-state index in [1.807, 2.05) is 48.2 Å². The molecule has 126 valence electrons. The van der Waals surface area contributed by atoms with Crippen molar-refractivity contribution in [3.05, 3.63) is 66.2 Å². The fraction of sp³-hybridized carbons (Fsp3) is 0.381. The van der Waals surface area contributed by atoms with Crippen molar-refractivity contribution in [1.82, 2.24) is 0 Å². The summed E-state index contributed by atoms with van der Waals surface area (Å²) in [5.41, 5.74) is 0.642. The smallest absolute Gasteiger partial charge is 0.338 e. The summed E-state index contributed by atoms with van der Waals surface area (Å²) in [6.07, 6.45) is 6.92. The lowest BCUT2D eigenvalue weighted by Crippen LogP contribution is -2.30. The third kappa shape index (κ3) is 4.88. The van der Waals surface area contributed by atoms with E-state index in [1.54, 1.807) is 0 Å². The first-order chi connectivity index (χ1) is 11.8. The Morgan fingerprint density at radius 2 is 1.46 bits per heavy atom. The monoisotopic (exact) mass is 340 g/mol. The Bertz CT molecular complexity index is 627. The van der Waals surface area contributed by atoms with Crippen LogP contribution in [0.25, 0.3) is 0 Å². The van der Waals surface area contributed by atoms with Crippen molar-refractivity contribution in [2.45, 2.75) is 54.8 Å². The third-order valence-corrected chi connectivity index (χ3v) is 5.83. The van der Waals surface area contributed by atoms with E-state index in [1.165, 1.54) is 24.2 Å². The van der Waals surface area contributed by atoms with Crippen molar-refractivity contribution in [2.75, 3.05) is 0 Å². The molecule has 2 nitrogen and oxygen atoms in total. The van der Waals surface area contributed by atoms with Crippen LogP contribution in [0.2, 0.25) is 0 Å². The normalized spacial score (nSPS) is 21.5. The maximum absolute atomic E-state index is 12.5. The van der Waals surface area contributed by atoms with E-state index in [-0.39, 0.29) is 12.1 Å². The van der Waals surface area contributed by atoms with Crippen LogP contribution >= 0.6 is 11.8 Å². The van der Waals surface area contributed by atoms with Crippen LogP contribution in [0.4, 0.5) is 0 Å². The van der Waals surface area contributed by atoms with Crippen LogP contribution in [0.3, 0.4) is 0 Å². The predicted octanol–water partition coefficient (Wildman–Crippen LogP) is 5.73. The van der Waals surface area contributed by atoms with Gasteiger partial charge in [0.2, 0.25) is 0 Å². The third-order valence-electron chi connectivity index (χ3n) is 4.44. The summed E-state index contributed by atoms with van der Waals surface area (Å²) in [4.78, 5) is 13.7. The standard InChI is InChI=1S/C21H24O2S/c22-21(17-11-5-3-6-12-17)23-19-15-9-1-2-10-16-20(19)24-18-13-7-4-8-14-18/h3-8,11-14,19-20H,1-2,9-10,15-16H2/t19-,20-/m0/s1. The lowest BCUT2D eigenvalue weighted by molar-refractivity contribution is 0.0255. The van der Waals surface area contributed by atoms with Gasteiger partial charge in [0.1, 0.15) is 6.10 Å². The summed E-state index contributed by atoms with van der Waals surface area (Å²) in [5.74, 6) is -0.195. The average Bonchev–Trinajstić information content (AvgIpc) is 2.62. The van der Waals surface area contributed by atoms with Crippen LogP contribution in [0.15, 0.2) is 65.6 Å².